The molecule has 0 bridgehead atoms. The lowest BCUT2D eigenvalue weighted by Crippen LogP contribution is -2.41. The van der Waals surface area contributed by atoms with E-state index in [1.807, 2.05) is 45.0 Å². The molecule has 7 heteroatoms. The molecule has 1 saturated heterocycles. The van der Waals surface area contributed by atoms with E-state index in [1.165, 1.54) is 0 Å². The molecule has 1 heterocycles. The van der Waals surface area contributed by atoms with Gasteiger partial charge in [0.2, 0.25) is 6.21 Å². The molecule has 7 nitrogen and oxygen atoms in total. The van der Waals surface area contributed by atoms with Gasteiger partial charge in [0.05, 0.1) is 6.04 Å². The van der Waals surface area contributed by atoms with Crippen LogP contribution in [0.2, 0.25) is 0 Å². The molecule has 1 atom stereocenters. The molecule has 1 aromatic rings. The number of hydrogen-bond donors (Lipinski definition) is 1. The standard InChI is InChI=1S/C21H29N3O4/c1-5-19(26)22-23(15-25)14-16-9-11-17(12-10-16)18-8-6-7-13-24(18)20(27)28-21(2,3)4/h9-12,14-15,18H,5-8,13H2,1-4H3/p+1. The van der Waals surface area contributed by atoms with Crippen LogP contribution < -0.4 is 5.43 Å². The Morgan fingerprint density at radius 2 is 1.93 bits per heavy atom. The molecule has 0 saturated carbocycles. The number of nitrogens with zero attached hydrogens (tertiary/aromatic N) is 2. The highest BCUT2D eigenvalue weighted by molar-refractivity contribution is 5.80. The van der Waals surface area contributed by atoms with Gasteiger partial charge in [-0.25, -0.2) is 9.59 Å². The Bertz CT molecular complexity index is 735. The number of carbonyl (C=O) groups excluding carboxylic acids is 3. The fourth-order valence-electron chi connectivity index (χ4n) is 3.09. The van der Waals surface area contributed by atoms with E-state index in [9.17, 15) is 14.4 Å². The molecule has 0 aliphatic carbocycles. The van der Waals surface area contributed by atoms with Crippen molar-refractivity contribution in [2.45, 2.75) is 65.0 Å². The zero-order valence-electron chi connectivity index (χ0n) is 17.1. The van der Waals surface area contributed by atoms with Crippen molar-refractivity contribution in [3.63, 3.8) is 0 Å². The van der Waals surface area contributed by atoms with Crippen LogP contribution in [0.25, 0.3) is 0 Å². The zero-order valence-corrected chi connectivity index (χ0v) is 17.1. The van der Waals surface area contributed by atoms with Crippen molar-refractivity contribution in [2.24, 2.45) is 0 Å². The molecular weight excluding hydrogens is 358 g/mol. The average molecular weight is 388 g/mol. The van der Waals surface area contributed by atoms with Crippen LogP contribution in [0.5, 0.6) is 0 Å². The minimum absolute atomic E-state index is 0.0281. The molecular formula is C21H30N3O4+. The molecule has 1 aromatic carbocycles. The van der Waals surface area contributed by atoms with Gasteiger partial charge in [-0.2, -0.15) is 0 Å². The second-order valence-electron chi connectivity index (χ2n) is 7.88. The van der Waals surface area contributed by atoms with Crippen molar-refractivity contribution in [2.75, 3.05) is 6.54 Å². The van der Waals surface area contributed by atoms with Crippen LogP contribution >= 0.6 is 0 Å². The molecule has 152 valence electrons. The summed E-state index contributed by atoms with van der Waals surface area (Å²) in [5.74, 6) is -0.241. The van der Waals surface area contributed by atoms with Gasteiger partial charge >= 0.3 is 12.5 Å². The van der Waals surface area contributed by atoms with Crippen molar-refractivity contribution in [1.29, 1.82) is 0 Å². The van der Waals surface area contributed by atoms with Crippen molar-refractivity contribution in [3.8, 4) is 0 Å². The van der Waals surface area contributed by atoms with Crippen LogP contribution in [0.15, 0.2) is 24.3 Å². The molecule has 1 unspecified atom stereocenters. The molecule has 28 heavy (non-hydrogen) atoms. The van der Waals surface area contributed by atoms with Crippen LogP contribution in [-0.2, 0) is 14.3 Å². The molecule has 1 aliphatic rings. The first-order chi connectivity index (χ1) is 13.2. The van der Waals surface area contributed by atoms with E-state index in [0.717, 1.165) is 35.1 Å². The Hall–Kier alpha value is -2.70. The number of rotatable bonds is 5. The quantitative estimate of drug-likeness (QED) is 0.364. The fourth-order valence-corrected chi connectivity index (χ4v) is 3.09. The summed E-state index contributed by atoms with van der Waals surface area (Å²) in [6.07, 6.45) is 5.01. The van der Waals surface area contributed by atoms with E-state index in [1.54, 1.807) is 18.0 Å². The Morgan fingerprint density at radius 1 is 1.25 bits per heavy atom. The summed E-state index contributed by atoms with van der Waals surface area (Å²) < 4.78 is 6.67. The summed E-state index contributed by atoms with van der Waals surface area (Å²) in [6.45, 7) is 7.99. The summed E-state index contributed by atoms with van der Waals surface area (Å²) in [7, 11) is 0. The highest BCUT2D eigenvalue weighted by Gasteiger charge is 2.31. The van der Waals surface area contributed by atoms with Crippen LogP contribution in [0.4, 0.5) is 4.79 Å². The Balaban J connectivity index is 2.16. The highest BCUT2D eigenvalue weighted by atomic mass is 16.6. The lowest BCUT2D eigenvalue weighted by molar-refractivity contribution is -0.477. The van der Waals surface area contributed by atoms with Gasteiger partial charge in [0.1, 0.15) is 5.60 Å². The number of carbonyl (C=O) groups is 3. The molecule has 0 spiro atoms. The molecule has 2 rings (SSSR count). The third kappa shape index (κ3) is 6.18. The second-order valence-corrected chi connectivity index (χ2v) is 7.88. The lowest BCUT2D eigenvalue weighted by Gasteiger charge is -2.37. The van der Waals surface area contributed by atoms with Crippen LogP contribution in [0.1, 0.15) is 70.5 Å². The number of benzene rings is 1. The Labute approximate surface area is 166 Å². The van der Waals surface area contributed by atoms with E-state index in [4.69, 9.17) is 4.74 Å². The van der Waals surface area contributed by atoms with Crippen molar-refractivity contribution in [1.82, 2.24) is 10.3 Å². The van der Waals surface area contributed by atoms with Crippen LogP contribution in [0, 0.1) is 0 Å². The average Bonchev–Trinajstić information content (AvgIpc) is 2.66. The number of hydrogen-bond acceptors (Lipinski definition) is 4. The van der Waals surface area contributed by atoms with E-state index in [2.05, 4.69) is 5.43 Å². The number of hydrazine groups is 1. The van der Waals surface area contributed by atoms with E-state index in [0.29, 0.717) is 19.4 Å². The largest absolute Gasteiger partial charge is 0.444 e. The van der Waals surface area contributed by atoms with Crippen LogP contribution in [0.3, 0.4) is 0 Å². The van der Waals surface area contributed by atoms with Crippen molar-refractivity contribution in [3.05, 3.63) is 35.4 Å². The molecule has 1 fully saturated rings. The van der Waals surface area contributed by atoms with E-state index in [-0.39, 0.29) is 18.0 Å². The Kier molecular flexibility index (Phi) is 7.31. The first-order valence-corrected chi connectivity index (χ1v) is 9.71. The first kappa shape index (κ1) is 21.6. The SMILES string of the molecule is CCC(=O)N[N+](C=O)=Cc1ccc(C2CCCCN2C(=O)OC(C)(C)C)cc1. The Morgan fingerprint density at radius 3 is 2.50 bits per heavy atom. The summed E-state index contributed by atoms with van der Waals surface area (Å²) in [5.41, 5.74) is 3.76. The highest BCUT2D eigenvalue weighted by Crippen LogP contribution is 2.32. The minimum atomic E-state index is -0.529. The minimum Gasteiger partial charge on any atom is -0.444 e. The lowest BCUT2D eigenvalue weighted by atomic mass is 9.95. The topological polar surface area (TPSA) is 78.7 Å². The molecule has 0 radical (unpaired) electrons. The molecule has 1 N–H and O–H groups in total. The van der Waals surface area contributed by atoms with Gasteiger partial charge in [-0.05, 0) is 62.4 Å². The van der Waals surface area contributed by atoms with Gasteiger partial charge in [0.25, 0.3) is 5.91 Å². The maximum Gasteiger partial charge on any atom is 0.410 e. The maximum atomic E-state index is 12.6. The number of ether oxygens (including phenoxy) is 1. The number of likely N-dealkylation sites (tertiary alicyclic amines) is 1. The smallest absolute Gasteiger partial charge is 0.410 e. The maximum absolute atomic E-state index is 12.6. The predicted molar refractivity (Wildman–Crippen MR) is 106 cm³/mol. The normalized spacial score (nSPS) is 17.8. The van der Waals surface area contributed by atoms with Gasteiger partial charge in [-0.1, -0.05) is 19.1 Å². The van der Waals surface area contributed by atoms with Crippen LogP contribution in [-0.4, -0.2) is 46.4 Å². The van der Waals surface area contributed by atoms with Gasteiger partial charge in [0, 0.05) is 18.5 Å². The third-order valence-corrected chi connectivity index (χ3v) is 4.43. The van der Waals surface area contributed by atoms with Gasteiger partial charge < -0.3 is 9.64 Å². The predicted octanol–water partition coefficient (Wildman–Crippen LogP) is 3.18. The van der Waals surface area contributed by atoms with E-state index < -0.39 is 5.60 Å². The summed E-state index contributed by atoms with van der Waals surface area (Å²) >= 11 is 0. The molecule has 0 aromatic heterocycles. The number of amides is 3. The monoisotopic (exact) mass is 388 g/mol. The fraction of sp³-hybridized carbons (Fsp3) is 0.524. The van der Waals surface area contributed by atoms with Gasteiger partial charge in [-0.15, -0.1) is 5.43 Å². The number of piperidine rings is 1. The number of hydrazone groups is 1. The molecule has 1 aliphatic heterocycles. The van der Waals surface area contributed by atoms with Gasteiger partial charge in [0.15, 0.2) is 0 Å². The van der Waals surface area contributed by atoms with Gasteiger partial charge in [-0.3, -0.25) is 4.79 Å². The summed E-state index contributed by atoms with van der Waals surface area (Å²) in [4.78, 5) is 37.0. The van der Waals surface area contributed by atoms with E-state index >= 15 is 0 Å². The first-order valence-electron chi connectivity index (χ1n) is 9.71. The summed E-state index contributed by atoms with van der Waals surface area (Å²) in [6, 6.07) is 7.60. The summed E-state index contributed by atoms with van der Waals surface area (Å²) in [5, 5.41) is 0. The number of nitrogens with one attached hydrogen (secondary N) is 1. The third-order valence-electron chi connectivity index (χ3n) is 4.43. The van der Waals surface area contributed by atoms with Crippen molar-refractivity contribution >= 4 is 24.6 Å². The molecule has 3 amide bonds. The zero-order chi connectivity index (χ0) is 20.7. The second kappa shape index (κ2) is 9.48. The van der Waals surface area contributed by atoms with Crippen molar-refractivity contribution < 1.29 is 23.8 Å².